The van der Waals surface area contributed by atoms with Crippen LogP contribution in [0.4, 0.5) is 0 Å². The minimum Gasteiger partial charge on any atom is -0.308 e. The van der Waals surface area contributed by atoms with E-state index < -0.39 is 5.41 Å². The number of hydrogen-bond donors (Lipinski definition) is 0. The molecule has 0 saturated heterocycles. The van der Waals surface area contributed by atoms with Crippen LogP contribution in [0.3, 0.4) is 0 Å². The lowest BCUT2D eigenvalue weighted by molar-refractivity contribution is 0.792. The highest BCUT2D eigenvalue weighted by molar-refractivity contribution is 7.31. The van der Waals surface area contributed by atoms with E-state index in [-0.39, 0.29) is 0 Å². The van der Waals surface area contributed by atoms with Gasteiger partial charge in [-0.1, -0.05) is 267 Å². The molecule has 0 bridgehead atoms. The van der Waals surface area contributed by atoms with Gasteiger partial charge >= 0.3 is 0 Å². The third-order valence-corrected chi connectivity index (χ3v) is 36.4. The zero-order chi connectivity index (χ0) is 89.1. The van der Waals surface area contributed by atoms with E-state index in [4.69, 9.17) is 29.9 Å². The molecule has 0 N–H and O–H groups in total. The highest BCUT2D eigenvalue weighted by Gasteiger charge is 2.52. The molecule has 0 fully saturated rings. The first-order chi connectivity index (χ1) is 68.0. The lowest BCUT2D eigenvalue weighted by atomic mass is 9.70. The molecule has 19 heteroatoms. The van der Waals surface area contributed by atoms with E-state index in [0.29, 0.717) is 17.6 Å². The maximum absolute atomic E-state index is 5.18. The predicted molar refractivity (Wildman–Crippen MR) is 580 cm³/mol. The fourth-order valence-electron chi connectivity index (χ4n) is 22.9. The van der Waals surface area contributed by atoms with E-state index in [9.17, 15) is 0 Å². The van der Waals surface area contributed by atoms with Gasteiger partial charge in [-0.05, 0) is 117 Å². The van der Waals surface area contributed by atoms with Crippen molar-refractivity contribution >= 4 is 286 Å². The van der Waals surface area contributed by atoms with Gasteiger partial charge in [0.1, 0.15) is 19.0 Å². The Morgan fingerprint density at radius 3 is 0.985 bits per heavy atom. The molecule has 14 aromatic heterocycles. The fourth-order valence-corrected chi connectivity index (χ4v) is 31.3. The summed E-state index contributed by atoms with van der Waals surface area (Å²) < 4.78 is 24.6. The molecular formula is C118H62N12S7. The highest BCUT2D eigenvalue weighted by atomic mass is 32.1. The molecule has 636 valence electrons. The largest absolute Gasteiger partial charge is 0.308 e. The summed E-state index contributed by atoms with van der Waals surface area (Å²) in [5.74, 6) is 1.85. The first kappa shape index (κ1) is 76.4. The zero-order valence-corrected chi connectivity index (χ0v) is 77.7. The van der Waals surface area contributed by atoms with Crippen LogP contribution >= 0.6 is 79.4 Å². The van der Waals surface area contributed by atoms with Gasteiger partial charge in [-0.25, -0.2) is 34.9 Å². The summed E-state index contributed by atoms with van der Waals surface area (Å²) in [6, 6.07) is 123. The van der Waals surface area contributed by atoms with Gasteiger partial charge < -0.3 is 9.13 Å². The Morgan fingerprint density at radius 2 is 0.547 bits per heavy atom. The summed E-state index contributed by atoms with van der Waals surface area (Å²) in [7, 11) is 0. The zero-order valence-electron chi connectivity index (χ0n) is 72.0. The summed E-state index contributed by atoms with van der Waals surface area (Å²) >= 11 is 12.9. The number of rotatable bonds is 5. The van der Waals surface area contributed by atoms with Gasteiger partial charge in [-0.3, -0.25) is 4.57 Å². The van der Waals surface area contributed by atoms with Gasteiger partial charge in [-0.15, -0.1) is 79.4 Å². The lowest BCUT2D eigenvalue weighted by Gasteiger charge is -2.30. The second kappa shape index (κ2) is 29.0. The number of thiophene rings is 7. The number of nitrogens with zero attached hydrogens (tertiary/aromatic N) is 12. The second-order valence-electron chi connectivity index (χ2n) is 35.2. The molecule has 0 atom stereocenters. The van der Waals surface area contributed by atoms with Crippen molar-refractivity contribution in [3.63, 3.8) is 0 Å². The van der Waals surface area contributed by atoms with Crippen LogP contribution in [0.2, 0.25) is 0 Å². The molecule has 0 aliphatic heterocycles. The number of aromatic nitrogens is 12. The minimum absolute atomic E-state index is 0.408. The summed E-state index contributed by atoms with van der Waals surface area (Å²) in [5, 5.41) is 21.5. The van der Waals surface area contributed by atoms with Crippen LogP contribution < -0.4 is 0 Å². The molecule has 31 aromatic rings. The van der Waals surface area contributed by atoms with E-state index in [0.717, 1.165) is 68.3 Å². The summed E-state index contributed by atoms with van der Waals surface area (Å²) in [6.07, 6.45) is 10.9. The predicted octanol–water partition coefficient (Wildman–Crippen LogP) is 33.2. The van der Waals surface area contributed by atoms with E-state index in [1.165, 1.54) is 206 Å². The average molecular weight is 1870 g/mol. The van der Waals surface area contributed by atoms with Crippen molar-refractivity contribution in [1.29, 1.82) is 0 Å². The van der Waals surface area contributed by atoms with Crippen molar-refractivity contribution in [3.8, 4) is 62.4 Å². The molecule has 14 heterocycles. The molecule has 33 rings (SSSR count). The molecule has 2 aliphatic rings. The van der Waals surface area contributed by atoms with Crippen molar-refractivity contribution in [2.45, 2.75) is 5.41 Å². The van der Waals surface area contributed by atoms with Crippen molar-refractivity contribution in [2.24, 2.45) is 0 Å². The molecule has 0 saturated carbocycles. The van der Waals surface area contributed by atoms with Crippen molar-refractivity contribution in [3.05, 3.63) is 400 Å². The Morgan fingerprint density at radius 1 is 0.219 bits per heavy atom. The fraction of sp³-hybridized carbons (Fsp3) is 0.00847. The van der Waals surface area contributed by atoms with Gasteiger partial charge in [0.05, 0.1) is 83.3 Å². The molecule has 0 unspecified atom stereocenters. The van der Waals surface area contributed by atoms with E-state index in [1.54, 1.807) is 30.3 Å². The van der Waals surface area contributed by atoms with Crippen LogP contribution in [0.15, 0.2) is 377 Å². The van der Waals surface area contributed by atoms with Crippen LogP contribution in [-0.4, -0.2) is 58.6 Å². The second-order valence-corrected chi connectivity index (χ2v) is 42.6. The van der Waals surface area contributed by atoms with Crippen LogP contribution in [0.5, 0.6) is 0 Å². The molecule has 0 amide bonds. The first-order valence-electron chi connectivity index (χ1n) is 45.4. The highest BCUT2D eigenvalue weighted by Crippen LogP contribution is 2.64. The normalized spacial score (nSPS) is 12.9. The first-order valence-corrected chi connectivity index (χ1v) is 51.1. The van der Waals surface area contributed by atoms with Gasteiger partial charge in [0.2, 0.25) is 5.95 Å². The third-order valence-electron chi connectivity index (χ3n) is 28.3. The topological polar surface area (TPSA) is 131 Å². The van der Waals surface area contributed by atoms with E-state index >= 15 is 0 Å². The molecule has 17 aromatic carbocycles. The van der Waals surface area contributed by atoms with Gasteiger partial charge in [0, 0.05) is 170 Å². The lowest BCUT2D eigenvalue weighted by Crippen LogP contribution is -2.26. The van der Waals surface area contributed by atoms with E-state index in [1.807, 2.05) is 147 Å². The van der Waals surface area contributed by atoms with Crippen molar-refractivity contribution < 1.29 is 0 Å². The third kappa shape index (κ3) is 10.6. The molecule has 1 spiro atoms. The summed E-state index contributed by atoms with van der Waals surface area (Å²) in [5.41, 5.74) is 24.6. The quantitative estimate of drug-likeness (QED) is 0.165. The Labute approximate surface area is 805 Å². The Kier molecular flexibility index (Phi) is 16.2. The van der Waals surface area contributed by atoms with E-state index in [2.05, 4.69) is 308 Å². The number of para-hydroxylation sites is 3. The van der Waals surface area contributed by atoms with Crippen LogP contribution in [0.1, 0.15) is 22.3 Å². The number of hydrogen-bond acceptors (Lipinski definition) is 16. The maximum atomic E-state index is 5.18. The number of benzene rings is 17. The molecular weight excluding hydrogens is 1810 g/mol. The Hall–Kier alpha value is -16.1. The summed E-state index contributed by atoms with van der Waals surface area (Å²) in [6.45, 7) is 0. The molecule has 0 radical (unpaired) electrons. The molecule has 12 nitrogen and oxygen atoms in total. The van der Waals surface area contributed by atoms with Crippen molar-refractivity contribution in [1.82, 2.24) is 58.6 Å². The number of fused-ring (bicyclic) bond motifs is 49. The Balaban J connectivity index is 0.0000000963. The minimum atomic E-state index is -0.408. The monoisotopic (exact) mass is 1870 g/mol. The SMILES string of the molecule is c1ccc(-c2nc(-c3ccccc3)nc(-n3c4ccccc4c4c5sc6ccccc6c5c5c6ncncc6sc5c43)n2)cc1.c1ccc2c(c1)-c1ccccc1C21c2ccccc2-c2ccc(-n3c4ccccc4c4c5sc6ccccc6c5c5c6ncncc6sc5c43)cc21.c1ccc2c(c1)sc1ccc(-n3c4ccccc4c4c5sc6ccccc6c5c5c6ncncc6sc5c43)cc12. The smallest absolute Gasteiger partial charge is 0.238 e. The standard InChI is InChI=1S/C47H25N3S2.C37H20N6S2.C34H17N3S3/c1-6-16-33-27(11-1)28-12-2-7-17-34(28)47(33)35-18-8-3-13-29(35)30-22-21-26(23-36(30)47)50-37-19-9-4-14-31(37)41-44(50)46-42(43-39(52-46)24-48-25-49-43)40-32-15-5-10-20-38(32)51-45(40)41;1-3-11-21(12-4-1)35-40-36(22-13-5-2-6-14-22)42-37(41-35)43-25-17-9-7-15-23(25)29-32(43)34-30(31-27(45-34)19-38-20-39-31)28-24-16-8-10-18-26(24)44-33(28)29;1-4-10-23-20(8-1)29-32(37(23)18-13-14-26-22(15-18)19-7-2-5-11-24(19)38-26)34-30(31-27(40-34)16-35-17-36-31)28-21-9-3-6-12-25(21)39-33(28)29/h1-25H;1-20H;1-17H. The molecule has 2 aliphatic carbocycles. The van der Waals surface area contributed by atoms with Crippen molar-refractivity contribution in [2.75, 3.05) is 0 Å². The van der Waals surface area contributed by atoms with Crippen LogP contribution in [0, 0.1) is 0 Å². The van der Waals surface area contributed by atoms with Gasteiger partial charge in [0.25, 0.3) is 0 Å². The maximum Gasteiger partial charge on any atom is 0.238 e. The summed E-state index contributed by atoms with van der Waals surface area (Å²) in [4.78, 5) is 43.2. The van der Waals surface area contributed by atoms with Gasteiger partial charge in [0.15, 0.2) is 11.6 Å². The van der Waals surface area contributed by atoms with Crippen LogP contribution in [0.25, 0.3) is 269 Å². The molecule has 137 heavy (non-hydrogen) atoms. The Bertz CT molecular complexity index is 10600. The average Bonchev–Trinajstić information content (AvgIpc) is 1.84. The van der Waals surface area contributed by atoms with Crippen LogP contribution in [-0.2, 0) is 5.41 Å². The van der Waals surface area contributed by atoms with Gasteiger partial charge in [-0.2, -0.15) is 9.97 Å².